The van der Waals surface area contributed by atoms with Crippen LogP contribution in [0.1, 0.15) is 43.4 Å². The van der Waals surface area contributed by atoms with E-state index < -0.39 is 0 Å². The summed E-state index contributed by atoms with van der Waals surface area (Å²) in [7, 11) is 0. The normalized spacial score (nSPS) is 26.3. The summed E-state index contributed by atoms with van der Waals surface area (Å²) in [6.07, 6.45) is 2.35. The lowest BCUT2D eigenvalue weighted by Crippen LogP contribution is -2.42. The van der Waals surface area contributed by atoms with Crippen molar-refractivity contribution in [3.63, 3.8) is 0 Å². The van der Waals surface area contributed by atoms with Gasteiger partial charge in [0.25, 0.3) is 0 Å². The molecule has 2 heteroatoms. The van der Waals surface area contributed by atoms with Gasteiger partial charge in [-0.3, -0.25) is 0 Å². The third-order valence-corrected chi connectivity index (χ3v) is 4.42. The number of rotatable bonds is 2. The Balaban J connectivity index is 2.21. The van der Waals surface area contributed by atoms with Crippen LogP contribution in [0.3, 0.4) is 0 Å². The highest BCUT2D eigenvalue weighted by atomic mass is 16.5. The number of aryl methyl sites for hydroxylation is 2. The summed E-state index contributed by atoms with van der Waals surface area (Å²) in [5.41, 5.74) is 10.3. The maximum atomic E-state index is 6.31. The molecule has 1 aliphatic rings. The van der Waals surface area contributed by atoms with Crippen LogP contribution in [0.4, 0.5) is 0 Å². The summed E-state index contributed by atoms with van der Waals surface area (Å²) in [4.78, 5) is 0. The smallest absolute Gasteiger partial charge is 0.123 e. The predicted molar refractivity (Wildman–Crippen MR) is 76.1 cm³/mol. The van der Waals surface area contributed by atoms with E-state index in [4.69, 9.17) is 10.5 Å². The number of benzene rings is 1. The standard InChI is InChI=1S/C16H25NO/c1-10-8-11(2)12(3)14(9-10)18-13-6-7-16(4,5)15(13)17/h8-9,13,15H,6-7,17H2,1-5H3. The van der Waals surface area contributed by atoms with Crippen molar-refractivity contribution in [3.8, 4) is 5.75 Å². The molecule has 0 radical (unpaired) electrons. The molecule has 0 amide bonds. The first-order valence-corrected chi connectivity index (χ1v) is 6.81. The zero-order valence-electron chi connectivity index (χ0n) is 12.2. The lowest BCUT2D eigenvalue weighted by atomic mass is 9.88. The quantitative estimate of drug-likeness (QED) is 0.868. The van der Waals surface area contributed by atoms with Gasteiger partial charge in [0, 0.05) is 6.04 Å². The van der Waals surface area contributed by atoms with Crippen molar-refractivity contribution in [1.82, 2.24) is 0 Å². The van der Waals surface area contributed by atoms with Gasteiger partial charge >= 0.3 is 0 Å². The Morgan fingerprint density at radius 3 is 2.44 bits per heavy atom. The van der Waals surface area contributed by atoms with Crippen LogP contribution >= 0.6 is 0 Å². The second-order valence-electron chi connectivity index (χ2n) is 6.41. The van der Waals surface area contributed by atoms with Crippen molar-refractivity contribution in [3.05, 3.63) is 28.8 Å². The van der Waals surface area contributed by atoms with Gasteiger partial charge < -0.3 is 10.5 Å². The van der Waals surface area contributed by atoms with E-state index in [0.29, 0.717) is 0 Å². The topological polar surface area (TPSA) is 35.2 Å². The van der Waals surface area contributed by atoms with E-state index in [2.05, 4.69) is 46.8 Å². The summed E-state index contributed by atoms with van der Waals surface area (Å²) < 4.78 is 6.19. The molecule has 0 aromatic heterocycles. The molecule has 0 heterocycles. The maximum Gasteiger partial charge on any atom is 0.123 e. The van der Waals surface area contributed by atoms with E-state index in [1.807, 2.05) is 0 Å². The van der Waals surface area contributed by atoms with Gasteiger partial charge in [-0.2, -0.15) is 0 Å². The molecule has 1 fully saturated rings. The number of hydrogen-bond donors (Lipinski definition) is 1. The van der Waals surface area contributed by atoms with Crippen molar-refractivity contribution in [2.75, 3.05) is 0 Å². The van der Waals surface area contributed by atoms with E-state index in [-0.39, 0.29) is 17.6 Å². The average molecular weight is 247 g/mol. The summed E-state index contributed by atoms with van der Waals surface area (Å²) in [6, 6.07) is 4.44. The Labute approximate surface area is 111 Å². The minimum absolute atomic E-state index is 0.123. The Kier molecular flexibility index (Phi) is 3.41. The molecular formula is C16H25NO. The van der Waals surface area contributed by atoms with Crippen LogP contribution in [-0.2, 0) is 0 Å². The summed E-state index contributed by atoms with van der Waals surface area (Å²) in [5, 5.41) is 0. The van der Waals surface area contributed by atoms with Gasteiger partial charge in [0.15, 0.2) is 0 Å². The lowest BCUT2D eigenvalue weighted by molar-refractivity contribution is 0.163. The largest absolute Gasteiger partial charge is 0.488 e. The molecule has 1 aromatic carbocycles. The van der Waals surface area contributed by atoms with Crippen molar-refractivity contribution < 1.29 is 4.74 Å². The first-order chi connectivity index (χ1) is 8.31. The highest BCUT2D eigenvalue weighted by Crippen LogP contribution is 2.38. The van der Waals surface area contributed by atoms with E-state index in [1.54, 1.807) is 0 Å². The van der Waals surface area contributed by atoms with Gasteiger partial charge in [-0.1, -0.05) is 19.9 Å². The fourth-order valence-electron chi connectivity index (χ4n) is 2.78. The van der Waals surface area contributed by atoms with Gasteiger partial charge in [-0.15, -0.1) is 0 Å². The average Bonchev–Trinajstić information content (AvgIpc) is 2.52. The second kappa shape index (κ2) is 4.58. The van der Waals surface area contributed by atoms with Gasteiger partial charge in [0.05, 0.1) is 0 Å². The summed E-state index contributed by atoms with van der Waals surface area (Å²) in [5.74, 6) is 1.01. The van der Waals surface area contributed by atoms with Gasteiger partial charge in [0.2, 0.25) is 0 Å². The van der Waals surface area contributed by atoms with E-state index in [9.17, 15) is 0 Å². The number of ether oxygens (including phenoxy) is 1. The zero-order chi connectivity index (χ0) is 13.5. The Morgan fingerprint density at radius 2 is 1.89 bits per heavy atom. The lowest BCUT2D eigenvalue weighted by Gasteiger charge is -2.27. The van der Waals surface area contributed by atoms with Crippen molar-refractivity contribution >= 4 is 0 Å². The Morgan fingerprint density at radius 1 is 1.22 bits per heavy atom. The van der Waals surface area contributed by atoms with Gasteiger partial charge in [-0.25, -0.2) is 0 Å². The molecule has 2 unspecified atom stereocenters. The maximum absolute atomic E-state index is 6.31. The van der Waals surface area contributed by atoms with Crippen LogP contribution in [0.25, 0.3) is 0 Å². The predicted octanol–water partition coefficient (Wildman–Crippen LogP) is 3.51. The third-order valence-electron chi connectivity index (χ3n) is 4.42. The van der Waals surface area contributed by atoms with E-state index in [1.165, 1.54) is 16.7 Å². The molecule has 0 bridgehead atoms. The molecule has 18 heavy (non-hydrogen) atoms. The first-order valence-electron chi connectivity index (χ1n) is 6.81. The Hall–Kier alpha value is -1.02. The molecule has 2 N–H and O–H groups in total. The molecule has 2 nitrogen and oxygen atoms in total. The molecule has 1 aliphatic carbocycles. The number of hydrogen-bond acceptors (Lipinski definition) is 2. The van der Waals surface area contributed by atoms with Crippen LogP contribution in [-0.4, -0.2) is 12.1 Å². The first kappa shape index (κ1) is 13.4. The molecule has 0 spiro atoms. The fraction of sp³-hybridized carbons (Fsp3) is 0.625. The highest BCUT2D eigenvalue weighted by molar-refractivity contribution is 5.42. The van der Waals surface area contributed by atoms with Crippen LogP contribution in [0, 0.1) is 26.2 Å². The van der Waals surface area contributed by atoms with E-state index in [0.717, 1.165) is 18.6 Å². The molecular weight excluding hydrogens is 222 g/mol. The molecule has 0 aliphatic heterocycles. The summed E-state index contributed by atoms with van der Waals surface area (Å²) >= 11 is 0. The van der Waals surface area contributed by atoms with E-state index >= 15 is 0 Å². The fourth-order valence-corrected chi connectivity index (χ4v) is 2.78. The Bertz CT molecular complexity index is 451. The van der Waals surface area contributed by atoms with Crippen LogP contribution < -0.4 is 10.5 Å². The highest BCUT2D eigenvalue weighted by Gasteiger charge is 2.41. The third kappa shape index (κ3) is 2.39. The second-order valence-corrected chi connectivity index (χ2v) is 6.41. The van der Waals surface area contributed by atoms with Crippen molar-refractivity contribution in [2.24, 2.45) is 11.1 Å². The van der Waals surface area contributed by atoms with Crippen LogP contribution in [0.2, 0.25) is 0 Å². The van der Waals surface area contributed by atoms with Gasteiger partial charge in [0.1, 0.15) is 11.9 Å². The zero-order valence-corrected chi connectivity index (χ0v) is 12.2. The van der Waals surface area contributed by atoms with Gasteiger partial charge in [-0.05, 0) is 61.8 Å². The molecule has 0 saturated heterocycles. The molecule has 2 rings (SSSR count). The minimum atomic E-state index is 0.123. The van der Waals surface area contributed by atoms with Crippen LogP contribution in [0.5, 0.6) is 5.75 Å². The molecule has 1 aromatic rings. The SMILES string of the molecule is Cc1cc(C)c(C)c(OC2CCC(C)(C)C2N)c1. The minimum Gasteiger partial charge on any atom is -0.488 e. The summed E-state index contributed by atoms with van der Waals surface area (Å²) in [6.45, 7) is 10.8. The van der Waals surface area contributed by atoms with Crippen molar-refractivity contribution in [1.29, 1.82) is 0 Å². The number of nitrogens with two attached hydrogens (primary N) is 1. The van der Waals surface area contributed by atoms with Crippen molar-refractivity contribution in [2.45, 2.75) is 59.6 Å². The molecule has 2 atom stereocenters. The monoisotopic (exact) mass is 247 g/mol. The molecule has 100 valence electrons. The molecule has 1 saturated carbocycles. The van der Waals surface area contributed by atoms with Crippen LogP contribution in [0.15, 0.2) is 12.1 Å².